The van der Waals surface area contributed by atoms with E-state index < -0.39 is 12.6 Å². The summed E-state index contributed by atoms with van der Waals surface area (Å²) in [6.07, 6.45) is -4.87. The van der Waals surface area contributed by atoms with Gasteiger partial charge in [0.05, 0.1) is 0 Å². The summed E-state index contributed by atoms with van der Waals surface area (Å²) in [6.45, 7) is 4.99. The van der Waals surface area contributed by atoms with E-state index in [1.165, 1.54) is 0 Å². The summed E-state index contributed by atoms with van der Waals surface area (Å²) >= 11 is 6.27. The van der Waals surface area contributed by atoms with Gasteiger partial charge in [-0.1, -0.05) is 23.7 Å². The van der Waals surface area contributed by atoms with Crippen LogP contribution in [0.4, 0.5) is 13.2 Å². The third-order valence-electron chi connectivity index (χ3n) is 3.90. The molecule has 0 aliphatic carbocycles. The Balaban J connectivity index is 0.00000242. The van der Waals surface area contributed by atoms with Crippen molar-refractivity contribution in [2.24, 2.45) is 0 Å². The molecular weight excluding hydrogens is 372 g/mol. The smallest absolute Gasteiger partial charge is 0.314 e. The van der Waals surface area contributed by atoms with Crippen LogP contribution in [0, 0.1) is 6.92 Å². The van der Waals surface area contributed by atoms with Gasteiger partial charge in [0.15, 0.2) is 0 Å². The standard InChI is InChI=1S/C15H20ClF3N2.2ClH/c1-11-3-2-4-12(16)14(11)13(5-6-15(17,18)19)21-9-7-20-8-10-21;;/h2-4,13,20H,5-10H2,1H3;2*1H/t13-;;/m0../s1. The summed E-state index contributed by atoms with van der Waals surface area (Å²) in [5.74, 6) is 0. The van der Waals surface area contributed by atoms with Gasteiger partial charge >= 0.3 is 6.18 Å². The van der Waals surface area contributed by atoms with Crippen molar-refractivity contribution in [1.29, 1.82) is 0 Å². The Labute approximate surface area is 152 Å². The second-order valence-electron chi connectivity index (χ2n) is 5.43. The lowest BCUT2D eigenvalue weighted by Crippen LogP contribution is -2.45. The van der Waals surface area contributed by atoms with Gasteiger partial charge < -0.3 is 5.32 Å². The maximum atomic E-state index is 12.6. The van der Waals surface area contributed by atoms with Crippen LogP contribution in [0.2, 0.25) is 5.02 Å². The molecule has 1 aliphatic heterocycles. The Bertz CT molecular complexity index is 457. The second kappa shape index (κ2) is 9.94. The minimum atomic E-state index is -4.14. The van der Waals surface area contributed by atoms with Gasteiger partial charge in [0.2, 0.25) is 0 Å². The van der Waals surface area contributed by atoms with Crippen molar-refractivity contribution < 1.29 is 13.2 Å². The number of hydrogen-bond donors (Lipinski definition) is 1. The van der Waals surface area contributed by atoms with E-state index in [2.05, 4.69) is 10.2 Å². The summed E-state index contributed by atoms with van der Waals surface area (Å²) in [5, 5.41) is 3.78. The van der Waals surface area contributed by atoms with Crippen molar-refractivity contribution >= 4 is 36.4 Å². The van der Waals surface area contributed by atoms with Crippen LogP contribution in [0.1, 0.15) is 30.0 Å². The molecule has 0 saturated carbocycles. The number of hydrogen-bond acceptors (Lipinski definition) is 2. The fourth-order valence-electron chi connectivity index (χ4n) is 2.87. The molecule has 1 atom stereocenters. The fourth-order valence-corrected chi connectivity index (χ4v) is 3.22. The summed E-state index contributed by atoms with van der Waals surface area (Å²) < 4.78 is 37.9. The number of piperazine rings is 1. The molecule has 2 nitrogen and oxygen atoms in total. The minimum Gasteiger partial charge on any atom is -0.314 e. The quantitative estimate of drug-likeness (QED) is 0.792. The molecule has 8 heteroatoms. The number of alkyl halides is 3. The van der Waals surface area contributed by atoms with E-state index in [1.807, 2.05) is 19.1 Å². The lowest BCUT2D eigenvalue weighted by Gasteiger charge is -2.36. The van der Waals surface area contributed by atoms with E-state index >= 15 is 0 Å². The number of nitrogens with one attached hydrogen (secondary N) is 1. The van der Waals surface area contributed by atoms with E-state index in [1.54, 1.807) is 6.07 Å². The molecule has 0 unspecified atom stereocenters. The monoisotopic (exact) mass is 392 g/mol. The molecule has 0 spiro atoms. The molecule has 0 amide bonds. The molecule has 1 aliphatic rings. The van der Waals surface area contributed by atoms with E-state index in [-0.39, 0.29) is 37.3 Å². The van der Waals surface area contributed by atoms with Crippen molar-refractivity contribution in [2.45, 2.75) is 32.0 Å². The van der Waals surface area contributed by atoms with Crippen LogP contribution in [0.3, 0.4) is 0 Å². The number of nitrogens with zero attached hydrogens (tertiary/aromatic N) is 1. The number of aryl methyl sites for hydroxylation is 1. The molecule has 0 bridgehead atoms. The van der Waals surface area contributed by atoms with Gasteiger partial charge in [0, 0.05) is 43.7 Å². The van der Waals surface area contributed by atoms with Crippen LogP contribution < -0.4 is 5.32 Å². The first-order valence-corrected chi connectivity index (χ1v) is 7.53. The zero-order valence-electron chi connectivity index (χ0n) is 12.8. The largest absolute Gasteiger partial charge is 0.389 e. The zero-order valence-corrected chi connectivity index (χ0v) is 15.2. The molecule has 0 radical (unpaired) electrons. The molecule has 1 aromatic rings. The molecule has 1 heterocycles. The predicted octanol–water partition coefficient (Wildman–Crippen LogP) is 4.78. The Morgan fingerprint density at radius 1 is 1.22 bits per heavy atom. The normalized spacial score (nSPS) is 17.1. The van der Waals surface area contributed by atoms with Gasteiger partial charge in [-0.05, 0) is 30.5 Å². The van der Waals surface area contributed by atoms with Gasteiger partial charge in [-0.2, -0.15) is 13.2 Å². The zero-order chi connectivity index (χ0) is 15.5. The van der Waals surface area contributed by atoms with Gasteiger partial charge in [-0.25, -0.2) is 0 Å². The summed E-state index contributed by atoms with van der Waals surface area (Å²) in [7, 11) is 0. The maximum Gasteiger partial charge on any atom is 0.389 e. The maximum absolute atomic E-state index is 12.6. The average molecular weight is 394 g/mol. The lowest BCUT2D eigenvalue weighted by atomic mass is 9.95. The van der Waals surface area contributed by atoms with Crippen LogP contribution in [0.5, 0.6) is 0 Å². The van der Waals surface area contributed by atoms with E-state index in [0.717, 1.165) is 37.3 Å². The fraction of sp³-hybridized carbons (Fsp3) is 0.600. The topological polar surface area (TPSA) is 15.3 Å². The Hall–Kier alpha value is -0.200. The van der Waals surface area contributed by atoms with E-state index in [0.29, 0.717) is 5.02 Å². The molecule has 23 heavy (non-hydrogen) atoms. The van der Waals surface area contributed by atoms with Crippen molar-refractivity contribution in [3.05, 3.63) is 34.3 Å². The first kappa shape index (κ1) is 22.8. The molecule has 134 valence electrons. The van der Waals surface area contributed by atoms with Crippen molar-refractivity contribution in [3.63, 3.8) is 0 Å². The van der Waals surface area contributed by atoms with Crippen molar-refractivity contribution in [2.75, 3.05) is 26.2 Å². The SMILES string of the molecule is Cc1cccc(Cl)c1[C@H](CCC(F)(F)F)N1CCNCC1.Cl.Cl. The Kier molecular flexibility index (Phi) is 9.86. The van der Waals surface area contributed by atoms with Crippen molar-refractivity contribution in [1.82, 2.24) is 10.2 Å². The van der Waals surface area contributed by atoms with E-state index in [4.69, 9.17) is 11.6 Å². The van der Waals surface area contributed by atoms with Crippen molar-refractivity contribution in [3.8, 4) is 0 Å². The van der Waals surface area contributed by atoms with E-state index in [9.17, 15) is 13.2 Å². The van der Waals surface area contributed by atoms with Crippen LogP contribution >= 0.6 is 36.4 Å². The van der Waals surface area contributed by atoms with Gasteiger partial charge in [-0.15, -0.1) is 24.8 Å². The number of benzene rings is 1. The van der Waals surface area contributed by atoms with Crippen LogP contribution in [0.15, 0.2) is 18.2 Å². The van der Waals surface area contributed by atoms with Gasteiger partial charge in [0.25, 0.3) is 0 Å². The first-order chi connectivity index (χ1) is 9.88. The Morgan fingerprint density at radius 3 is 2.35 bits per heavy atom. The average Bonchev–Trinajstić information content (AvgIpc) is 2.42. The number of halogens is 6. The molecule has 0 aromatic heterocycles. The second-order valence-corrected chi connectivity index (χ2v) is 5.83. The van der Waals surface area contributed by atoms with Crippen LogP contribution in [-0.2, 0) is 0 Å². The highest BCUT2D eigenvalue weighted by atomic mass is 35.5. The van der Waals surface area contributed by atoms with Crippen LogP contribution in [0.25, 0.3) is 0 Å². The third kappa shape index (κ3) is 6.67. The first-order valence-electron chi connectivity index (χ1n) is 7.15. The Morgan fingerprint density at radius 2 is 1.83 bits per heavy atom. The summed E-state index contributed by atoms with van der Waals surface area (Å²) in [5.41, 5.74) is 1.79. The summed E-state index contributed by atoms with van der Waals surface area (Å²) in [4.78, 5) is 2.11. The molecule has 1 saturated heterocycles. The molecule has 1 fully saturated rings. The lowest BCUT2D eigenvalue weighted by molar-refractivity contribution is -0.138. The number of rotatable bonds is 4. The minimum absolute atomic E-state index is 0. The van der Waals surface area contributed by atoms with Gasteiger partial charge in [0.1, 0.15) is 0 Å². The third-order valence-corrected chi connectivity index (χ3v) is 4.23. The highest BCUT2D eigenvalue weighted by molar-refractivity contribution is 6.31. The summed E-state index contributed by atoms with van der Waals surface area (Å²) in [6, 6.07) is 5.22. The van der Waals surface area contributed by atoms with Crippen LogP contribution in [-0.4, -0.2) is 37.3 Å². The predicted molar refractivity (Wildman–Crippen MR) is 93.2 cm³/mol. The highest BCUT2D eigenvalue weighted by Gasteiger charge is 2.32. The highest BCUT2D eigenvalue weighted by Crippen LogP contribution is 2.36. The molecule has 1 N–H and O–H groups in total. The molecule has 1 aromatic carbocycles. The molecule has 2 rings (SSSR count). The van der Waals surface area contributed by atoms with Gasteiger partial charge in [-0.3, -0.25) is 4.90 Å². The molecular formula is C15H22Cl3F3N2.